The summed E-state index contributed by atoms with van der Waals surface area (Å²) < 4.78 is 11.4. The van der Waals surface area contributed by atoms with E-state index in [1.807, 2.05) is 42.5 Å². The van der Waals surface area contributed by atoms with Gasteiger partial charge in [-0.1, -0.05) is 17.7 Å². The van der Waals surface area contributed by atoms with Crippen LogP contribution >= 0.6 is 27.5 Å². The van der Waals surface area contributed by atoms with Crippen LogP contribution in [0.5, 0.6) is 5.75 Å². The molecular formula is C16H17BrClNO2. The fourth-order valence-electron chi connectivity index (χ4n) is 1.77. The molecule has 0 saturated carbocycles. The summed E-state index contributed by atoms with van der Waals surface area (Å²) >= 11 is 9.46. The molecule has 0 aliphatic rings. The summed E-state index contributed by atoms with van der Waals surface area (Å²) in [5, 5.41) is 4.07. The van der Waals surface area contributed by atoms with Gasteiger partial charge in [0.2, 0.25) is 0 Å². The lowest BCUT2D eigenvalue weighted by molar-refractivity contribution is 0.146. The van der Waals surface area contributed by atoms with Gasteiger partial charge in [0.05, 0.1) is 11.6 Å². The molecule has 1 N–H and O–H groups in total. The van der Waals surface area contributed by atoms with Crippen LogP contribution < -0.4 is 10.1 Å². The van der Waals surface area contributed by atoms with Crippen LogP contribution in [0.25, 0.3) is 0 Å². The van der Waals surface area contributed by atoms with Crippen LogP contribution in [-0.2, 0) is 11.3 Å². The molecule has 3 nitrogen and oxygen atoms in total. The van der Waals surface area contributed by atoms with Gasteiger partial charge in [0, 0.05) is 23.8 Å². The maximum atomic E-state index is 6.08. The predicted octanol–water partition coefficient (Wildman–Crippen LogP) is 4.74. The molecule has 2 rings (SSSR count). The quantitative estimate of drug-likeness (QED) is 0.714. The van der Waals surface area contributed by atoms with E-state index in [2.05, 4.69) is 21.2 Å². The minimum atomic E-state index is 0.556. The van der Waals surface area contributed by atoms with Gasteiger partial charge < -0.3 is 14.8 Å². The maximum absolute atomic E-state index is 6.08. The summed E-state index contributed by atoms with van der Waals surface area (Å²) in [6.45, 7) is 1.86. The number of ether oxygens (including phenoxy) is 2. The van der Waals surface area contributed by atoms with Gasteiger partial charge in [-0.2, -0.15) is 0 Å². The molecule has 0 unspecified atom stereocenters. The third kappa shape index (κ3) is 5.23. The number of nitrogens with one attached hydrogen (secondary N) is 1. The first-order valence-electron chi connectivity index (χ1n) is 6.58. The Morgan fingerprint density at radius 1 is 1.10 bits per heavy atom. The number of halogens is 2. The molecule has 0 amide bonds. The first-order chi connectivity index (χ1) is 10.2. The summed E-state index contributed by atoms with van der Waals surface area (Å²) in [6, 6.07) is 13.8. The average molecular weight is 371 g/mol. The molecule has 112 valence electrons. The molecular weight excluding hydrogens is 354 g/mol. The number of hydrogen-bond acceptors (Lipinski definition) is 3. The van der Waals surface area contributed by atoms with Crippen molar-refractivity contribution in [2.45, 2.75) is 6.54 Å². The predicted molar refractivity (Wildman–Crippen MR) is 90.3 cm³/mol. The Labute approximate surface area is 138 Å². The van der Waals surface area contributed by atoms with Crippen LogP contribution in [0.3, 0.4) is 0 Å². The van der Waals surface area contributed by atoms with Crippen molar-refractivity contribution in [3.63, 3.8) is 0 Å². The van der Waals surface area contributed by atoms with Gasteiger partial charge >= 0.3 is 0 Å². The van der Waals surface area contributed by atoms with Crippen LogP contribution in [0.2, 0.25) is 5.02 Å². The minimum Gasteiger partial charge on any atom is -0.491 e. The fraction of sp³-hybridized carbons (Fsp3) is 0.250. The van der Waals surface area contributed by atoms with E-state index >= 15 is 0 Å². The van der Waals surface area contributed by atoms with Crippen molar-refractivity contribution in [3.05, 3.63) is 57.5 Å². The van der Waals surface area contributed by atoms with E-state index in [1.165, 1.54) is 0 Å². The van der Waals surface area contributed by atoms with Gasteiger partial charge in [0.1, 0.15) is 12.4 Å². The van der Waals surface area contributed by atoms with E-state index in [-0.39, 0.29) is 0 Å². The van der Waals surface area contributed by atoms with Crippen LogP contribution in [-0.4, -0.2) is 20.3 Å². The molecule has 0 fully saturated rings. The van der Waals surface area contributed by atoms with Crippen molar-refractivity contribution in [2.75, 3.05) is 25.6 Å². The Bertz CT molecular complexity index is 575. The van der Waals surface area contributed by atoms with Crippen molar-refractivity contribution in [3.8, 4) is 5.75 Å². The van der Waals surface area contributed by atoms with Crippen LogP contribution in [0.15, 0.2) is 46.9 Å². The molecule has 0 aliphatic heterocycles. The zero-order valence-electron chi connectivity index (χ0n) is 11.7. The number of rotatable bonds is 7. The third-order valence-corrected chi connectivity index (χ3v) is 4.12. The van der Waals surface area contributed by atoms with Gasteiger partial charge in [-0.25, -0.2) is 0 Å². The van der Waals surface area contributed by atoms with Gasteiger partial charge in [0.25, 0.3) is 0 Å². The van der Waals surface area contributed by atoms with Crippen molar-refractivity contribution in [1.29, 1.82) is 0 Å². The van der Waals surface area contributed by atoms with E-state index in [0.29, 0.717) is 13.2 Å². The normalized spacial score (nSPS) is 10.4. The lowest BCUT2D eigenvalue weighted by Crippen LogP contribution is -2.04. The second-order valence-corrected chi connectivity index (χ2v) is 5.73. The van der Waals surface area contributed by atoms with E-state index in [1.54, 1.807) is 7.11 Å². The summed E-state index contributed by atoms with van der Waals surface area (Å²) in [7, 11) is 1.66. The summed E-state index contributed by atoms with van der Waals surface area (Å²) in [5.41, 5.74) is 2.16. The molecule has 5 heteroatoms. The lowest BCUT2D eigenvalue weighted by Gasteiger charge is -2.09. The monoisotopic (exact) mass is 369 g/mol. The second kappa shape index (κ2) is 8.27. The van der Waals surface area contributed by atoms with Crippen LogP contribution in [0.4, 0.5) is 5.69 Å². The lowest BCUT2D eigenvalue weighted by atomic mass is 10.2. The van der Waals surface area contributed by atoms with Gasteiger partial charge in [0.15, 0.2) is 0 Å². The molecule has 0 atom stereocenters. The topological polar surface area (TPSA) is 30.5 Å². The number of methoxy groups -OCH3 is 1. The van der Waals surface area contributed by atoms with Crippen molar-refractivity contribution in [1.82, 2.24) is 0 Å². The fourth-order valence-corrected chi connectivity index (χ4v) is 2.22. The van der Waals surface area contributed by atoms with E-state index < -0.39 is 0 Å². The zero-order chi connectivity index (χ0) is 15.1. The summed E-state index contributed by atoms with van der Waals surface area (Å²) in [5.74, 6) is 0.837. The molecule has 0 radical (unpaired) electrons. The Balaban J connectivity index is 1.86. The van der Waals surface area contributed by atoms with E-state index in [0.717, 1.165) is 33.0 Å². The molecule has 2 aromatic rings. The summed E-state index contributed by atoms with van der Waals surface area (Å²) in [4.78, 5) is 0. The van der Waals surface area contributed by atoms with Gasteiger partial charge in [-0.15, -0.1) is 0 Å². The highest BCUT2D eigenvalue weighted by atomic mass is 79.9. The van der Waals surface area contributed by atoms with Gasteiger partial charge in [-0.3, -0.25) is 0 Å². The van der Waals surface area contributed by atoms with Crippen LogP contribution in [0, 0.1) is 0 Å². The first-order valence-corrected chi connectivity index (χ1v) is 7.76. The van der Waals surface area contributed by atoms with Gasteiger partial charge in [-0.05, 0) is 57.9 Å². The highest BCUT2D eigenvalue weighted by Gasteiger charge is 2.00. The largest absolute Gasteiger partial charge is 0.491 e. The first kappa shape index (κ1) is 16.1. The smallest absolute Gasteiger partial charge is 0.119 e. The highest BCUT2D eigenvalue weighted by Crippen LogP contribution is 2.24. The van der Waals surface area contributed by atoms with E-state index in [9.17, 15) is 0 Å². The van der Waals surface area contributed by atoms with Crippen molar-refractivity contribution in [2.24, 2.45) is 0 Å². The molecule has 0 spiro atoms. The molecule has 0 bridgehead atoms. The third-order valence-electron chi connectivity index (χ3n) is 2.89. The molecule has 2 aromatic carbocycles. The summed E-state index contributed by atoms with van der Waals surface area (Å²) in [6.07, 6.45) is 0. The SMILES string of the molecule is COCCOc1ccc(NCc2ccc(Br)c(Cl)c2)cc1. The number of hydrogen-bond donors (Lipinski definition) is 1. The van der Waals surface area contributed by atoms with Crippen LogP contribution in [0.1, 0.15) is 5.56 Å². The molecule has 0 saturated heterocycles. The Kier molecular flexibility index (Phi) is 6.36. The van der Waals surface area contributed by atoms with E-state index in [4.69, 9.17) is 21.1 Å². The molecule has 0 aromatic heterocycles. The Morgan fingerprint density at radius 3 is 2.52 bits per heavy atom. The van der Waals surface area contributed by atoms with Crippen molar-refractivity contribution < 1.29 is 9.47 Å². The number of anilines is 1. The molecule has 0 aliphatic carbocycles. The highest BCUT2D eigenvalue weighted by molar-refractivity contribution is 9.10. The molecule has 21 heavy (non-hydrogen) atoms. The number of benzene rings is 2. The zero-order valence-corrected chi connectivity index (χ0v) is 14.1. The Hall–Kier alpha value is -1.23. The second-order valence-electron chi connectivity index (χ2n) is 4.47. The maximum Gasteiger partial charge on any atom is 0.119 e. The molecule has 0 heterocycles. The standard InChI is InChI=1S/C16H17BrClNO2/c1-20-8-9-21-14-5-3-13(4-6-14)19-11-12-2-7-15(17)16(18)10-12/h2-7,10,19H,8-9,11H2,1H3. The average Bonchev–Trinajstić information content (AvgIpc) is 2.50. The van der Waals surface area contributed by atoms with Crippen molar-refractivity contribution >= 4 is 33.2 Å². The minimum absolute atomic E-state index is 0.556. The Morgan fingerprint density at radius 2 is 1.86 bits per heavy atom.